The molecule has 0 spiro atoms. The Labute approximate surface area is 107 Å². The van der Waals surface area contributed by atoms with Gasteiger partial charge in [0.2, 0.25) is 0 Å². The Bertz CT molecular complexity index is 515. The van der Waals surface area contributed by atoms with Gasteiger partial charge in [0, 0.05) is 6.04 Å². The minimum Gasteiger partial charge on any atom is -0.316 e. The molecule has 0 aromatic heterocycles. The molecule has 1 N–H and O–H groups in total. The molecule has 1 fully saturated rings. The van der Waals surface area contributed by atoms with Crippen molar-refractivity contribution < 1.29 is 12.8 Å². The lowest BCUT2D eigenvalue weighted by molar-refractivity contribution is 0.398. The molecule has 0 radical (unpaired) electrons. The van der Waals surface area contributed by atoms with Gasteiger partial charge in [-0.2, -0.15) is 0 Å². The summed E-state index contributed by atoms with van der Waals surface area (Å²) in [6.07, 6.45) is 1.20. The van der Waals surface area contributed by atoms with Gasteiger partial charge < -0.3 is 5.32 Å². The van der Waals surface area contributed by atoms with Gasteiger partial charge in [-0.1, -0.05) is 18.2 Å². The maximum atomic E-state index is 13.6. The highest BCUT2D eigenvalue weighted by Crippen LogP contribution is 2.24. The fourth-order valence-electron chi connectivity index (χ4n) is 2.55. The highest BCUT2D eigenvalue weighted by Gasteiger charge is 2.33. The van der Waals surface area contributed by atoms with Crippen LogP contribution >= 0.6 is 0 Å². The van der Waals surface area contributed by atoms with Crippen molar-refractivity contribution in [1.82, 2.24) is 5.32 Å². The second-order valence-corrected chi connectivity index (χ2v) is 7.08. The van der Waals surface area contributed by atoms with Crippen molar-refractivity contribution in [2.75, 3.05) is 18.6 Å². The van der Waals surface area contributed by atoms with E-state index in [0.717, 1.165) is 0 Å². The van der Waals surface area contributed by atoms with E-state index in [0.29, 0.717) is 18.4 Å². The van der Waals surface area contributed by atoms with Gasteiger partial charge >= 0.3 is 0 Å². The molecule has 1 aromatic carbocycles. The molecule has 1 aliphatic heterocycles. The summed E-state index contributed by atoms with van der Waals surface area (Å²) >= 11 is 0. The van der Waals surface area contributed by atoms with Crippen molar-refractivity contribution in [2.24, 2.45) is 5.92 Å². The average molecular weight is 271 g/mol. The maximum Gasteiger partial charge on any atom is 0.150 e. The van der Waals surface area contributed by atoms with Crippen LogP contribution in [0.5, 0.6) is 0 Å². The molecule has 1 aromatic rings. The van der Waals surface area contributed by atoms with Crippen molar-refractivity contribution in [3.63, 3.8) is 0 Å². The molecule has 2 rings (SSSR count). The van der Waals surface area contributed by atoms with Crippen LogP contribution in [0.25, 0.3) is 0 Å². The molecule has 0 saturated carbocycles. The van der Waals surface area contributed by atoms with Gasteiger partial charge in [0.25, 0.3) is 0 Å². The van der Waals surface area contributed by atoms with Crippen LogP contribution in [0, 0.1) is 11.7 Å². The van der Waals surface area contributed by atoms with E-state index in [4.69, 9.17) is 0 Å². The zero-order valence-electron chi connectivity index (χ0n) is 10.4. The van der Waals surface area contributed by atoms with E-state index in [1.54, 1.807) is 25.2 Å². The number of benzene rings is 1. The zero-order chi connectivity index (χ0) is 13.2. The molecule has 0 bridgehead atoms. The third kappa shape index (κ3) is 3.09. The SMILES string of the molecule is CNC(Cc1ccccc1F)C1CCS(=O)(=O)C1. The van der Waals surface area contributed by atoms with E-state index < -0.39 is 9.84 Å². The second-order valence-electron chi connectivity index (χ2n) is 4.85. The molecule has 5 heteroatoms. The first-order valence-electron chi connectivity index (χ1n) is 6.13. The summed E-state index contributed by atoms with van der Waals surface area (Å²) in [7, 11) is -1.08. The Kier molecular flexibility index (Phi) is 4.02. The summed E-state index contributed by atoms with van der Waals surface area (Å²) < 4.78 is 36.5. The maximum absolute atomic E-state index is 13.6. The van der Waals surface area contributed by atoms with E-state index in [9.17, 15) is 12.8 Å². The number of hydrogen-bond acceptors (Lipinski definition) is 3. The number of sulfone groups is 1. The minimum atomic E-state index is -2.89. The number of nitrogens with one attached hydrogen (secondary N) is 1. The predicted octanol–water partition coefficient (Wildman–Crippen LogP) is 1.39. The van der Waals surface area contributed by atoms with Gasteiger partial charge in [-0.3, -0.25) is 0 Å². The monoisotopic (exact) mass is 271 g/mol. The lowest BCUT2D eigenvalue weighted by atomic mass is 9.93. The Morgan fingerprint density at radius 1 is 1.44 bits per heavy atom. The van der Waals surface area contributed by atoms with Gasteiger partial charge in [0.1, 0.15) is 5.82 Å². The van der Waals surface area contributed by atoms with E-state index in [-0.39, 0.29) is 29.3 Å². The van der Waals surface area contributed by atoms with Gasteiger partial charge in [-0.15, -0.1) is 0 Å². The molecule has 0 amide bonds. The third-order valence-corrected chi connectivity index (χ3v) is 5.40. The summed E-state index contributed by atoms with van der Waals surface area (Å²) in [5, 5.41) is 3.13. The first-order chi connectivity index (χ1) is 8.52. The molecule has 1 saturated heterocycles. The van der Waals surface area contributed by atoms with Crippen molar-refractivity contribution in [3.05, 3.63) is 35.6 Å². The number of rotatable bonds is 4. The minimum absolute atomic E-state index is 0.0131. The predicted molar refractivity (Wildman–Crippen MR) is 69.7 cm³/mol. The van der Waals surface area contributed by atoms with Crippen LogP contribution < -0.4 is 5.32 Å². The third-order valence-electron chi connectivity index (χ3n) is 3.61. The van der Waals surface area contributed by atoms with E-state index in [1.807, 2.05) is 0 Å². The van der Waals surface area contributed by atoms with Crippen LogP contribution in [0.15, 0.2) is 24.3 Å². The molecule has 18 heavy (non-hydrogen) atoms. The molecule has 1 aliphatic rings. The van der Waals surface area contributed by atoms with Crippen LogP contribution in [-0.2, 0) is 16.3 Å². The number of halogens is 1. The molecular weight excluding hydrogens is 253 g/mol. The Hall–Kier alpha value is -0.940. The molecule has 100 valence electrons. The second kappa shape index (κ2) is 5.36. The lowest BCUT2D eigenvalue weighted by Gasteiger charge is -2.22. The van der Waals surface area contributed by atoms with Gasteiger partial charge in [-0.25, -0.2) is 12.8 Å². The zero-order valence-corrected chi connectivity index (χ0v) is 11.2. The summed E-state index contributed by atoms with van der Waals surface area (Å²) in [6.45, 7) is 0. The molecule has 1 heterocycles. The first-order valence-corrected chi connectivity index (χ1v) is 7.95. The van der Waals surface area contributed by atoms with Crippen LogP contribution in [0.3, 0.4) is 0 Å². The highest BCUT2D eigenvalue weighted by atomic mass is 32.2. The van der Waals surface area contributed by atoms with E-state index >= 15 is 0 Å². The van der Waals surface area contributed by atoms with E-state index in [1.165, 1.54) is 6.07 Å². The fraction of sp³-hybridized carbons (Fsp3) is 0.538. The standard InChI is InChI=1S/C13H18FNO2S/c1-15-13(11-6-7-18(16,17)9-11)8-10-4-2-3-5-12(10)14/h2-5,11,13,15H,6-9H2,1H3. The van der Waals surface area contributed by atoms with Crippen LogP contribution in [-0.4, -0.2) is 33.0 Å². The topological polar surface area (TPSA) is 46.2 Å². The van der Waals surface area contributed by atoms with Crippen LogP contribution in [0.2, 0.25) is 0 Å². The van der Waals surface area contributed by atoms with Gasteiger partial charge in [0.15, 0.2) is 9.84 Å². The Morgan fingerprint density at radius 2 is 2.17 bits per heavy atom. The smallest absolute Gasteiger partial charge is 0.150 e. The normalized spacial score (nSPS) is 24.0. The van der Waals surface area contributed by atoms with E-state index in [2.05, 4.69) is 5.32 Å². The van der Waals surface area contributed by atoms with Crippen molar-refractivity contribution >= 4 is 9.84 Å². The number of hydrogen-bond donors (Lipinski definition) is 1. The van der Waals surface area contributed by atoms with Crippen molar-refractivity contribution in [2.45, 2.75) is 18.9 Å². The Balaban J connectivity index is 2.09. The summed E-state index contributed by atoms with van der Waals surface area (Å²) in [6, 6.07) is 6.67. The van der Waals surface area contributed by atoms with Gasteiger partial charge in [-0.05, 0) is 37.4 Å². The fourth-order valence-corrected chi connectivity index (χ4v) is 4.43. The molecule has 2 atom stereocenters. The summed E-state index contributed by atoms with van der Waals surface area (Å²) in [5.74, 6) is 0.332. The molecular formula is C13H18FNO2S. The Morgan fingerprint density at radius 3 is 2.72 bits per heavy atom. The molecule has 2 unspecified atom stereocenters. The number of likely N-dealkylation sites (N-methyl/N-ethyl adjacent to an activating group) is 1. The first kappa shape index (κ1) is 13.5. The lowest BCUT2D eigenvalue weighted by Crippen LogP contribution is -2.36. The summed E-state index contributed by atoms with van der Waals surface area (Å²) in [5.41, 5.74) is 0.640. The van der Waals surface area contributed by atoms with Crippen molar-refractivity contribution in [3.8, 4) is 0 Å². The van der Waals surface area contributed by atoms with Gasteiger partial charge in [0.05, 0.1) is 11.5 Å². The average Bonchev–Trinajstić information content (AvgIpc) is 2.68. The molecule has 0 aliphatic carbocycles. The molecule has 3 nitrogen and oxygen atoms in total. The summed E-state index contributed by atoms with van der Waals surface area (Å²) in [4.78, 5) is 0. The quantitative estimate of drug-likeness (QED) is 0.900. The largest absolute Gasteiger partial charge is 0.316 e. The highest BCUT2D eigenvalue weighted by molar-refractivity contribution is 7.91. The van der Waals surface area contributed by atoms with Crippen molar-refractivity contribution in [1.29, 1.82) is 0 Å². The van der Waals surface area contributed by atoms with Crippen LogP contribution in [0.1, 0.15) is 12.0 Å². The van der Waals surface area contributed by atoms with Crippen LogP contribution in [0.4, 0.5) is 4.39 Å².